The second-order valence-corrected chi connectivity index (χ2v) is 18.1. The van der Waals surface area contributed by atoms with Gasteiger partial charge < -0.3 is 67.6 Å². The maximum atomic E-state index is 13.6. The van der Waals surface area contributed by atoms with Gasteiger partial charge in [-0.3, -0.25) is 28.8 Å². The van der Waals surface area contributed by atoms with Crippen LogP contribution in [0.25, 0.3) is 0 Å². The van der Waals surface area contributed by atoms with E-state index in [9.17, 15) is 64.5 Å². The van der Waals surface area contributed by atoms with Gasteiger partial charge in [-0.05, 0) is 149 Å². The molecule has 0 saturated carbocycles. The summed E-state index contributed by atoms with van der Waals surface area (Å²) in [5, 5.41) is 83.4. The molecule has 19 nitrogen and oxygen atoms in total. The first kappa shape index (κ1) is 51.5. The Labute approximate surface area is 401 Å². The van der Waals surface area contributed by atoms with Gasteiger partial charge in [0.2, 0.25) is 0 Å². The average Bonchev–Trinajstić information content (AvgIpc) is 3.13. The van der Waals surface area contributed by atoms with E-state index in [1.54, 1.807) is 136 Å². The SMILES string of the molecule is C[C@H](O)C(=O)Nc1c(I)c(C(=O)NCC(O)CNC(=O)c2c(I)c(NC(=O)[C@H](C)O)c(I)c(C(=O)NC(CO)CO)c2I)c(I)c(C(=O)NC(CO)CO)c1I. The van der Waals surface area contributed by atoms with Crippen LogP contribution in [0.15, 0.2) is 0 Å². The maximum Gasteiger partial charge on any atom is 0.253 e. The summed E-state index contributed by atoms with van der Waals surface area (Å²) in [6, 6.07) is -2.08. The number of halogens is 6. The number of carbonyl (C=O) groups is 6. The molecule has 0 unspecified atom stereocenters. The predicted octanol–water partition coefficient (Wildman–Crippen LogP) is -0.361. The molecule has 56 heavy (non-hydrogen) atoms. The molecular formula is C31H36I6N6O13. The number of nitrogens with one attached hydrogen (secondary N) is 6. The lowest BCUT2D eigenvalue weighted by Gasteiger charge is -2.22. The lowest BCUT2D eigenvalue weighted by molar-refractivity contribution is -0.123. The summed E-state index contributed by atoms with van der Waals surface area (Å²) in [6.45, 7) is -0.841. The third kappa shape index (κ3) is 13.2. The normalized spacial score (nSPS) is 12.3. The third-order valence-electron chi connectivity index (χ3n) is 7.35. The Morgan fingerprint density at radius 2 is 0.750 bits per heavy atom. The van der Waals surface area contributed by atoms with Gasteiger partial charge in [-0.1, -0.05) is 0 Å². The number of anilines is 2. The Kier molecular flexibility index (Phi) is 22.0. The highest BCUT2D eigenvalue weighted by Gasteiger charge is 2.32. The molecule has 0 aliphatic heterocycles. The highest BCUT2D eigenvalue weighted by Crippen LogP contribution is 2.37. The van der Waals surface area contributed by atoms with E-state index >= 15 is 0 Å². The number of hydrogen-bond acceptors (Lipinski definition) is 13. The first-order chi connectivity index (χ1) is 26.2. The molecule has 13 N–H and O–H groups in total. The molecule has 0 bridgehead atoms. The van der Waals surface area contributed by atoms with Gasteiger partial charge in [-0.2, -0.15) is 0 Å². The van der Waals surface area contributed by atoms with Crippen molar-refractivity contribution in [2.45, 2.75) is 44.2 Å². The van der Waals surface area contributed by atoms with E-state index in [0.717, 1.165) is 0 Å². The number of hydrogen-bond donors (Lipinski definition) is 13. The van der Waals surface area contributed by atoms with E-state index < -0.39 is 105 Å². The molecule has 0 aliphatic carbocycles. The monoisotopic (exact) mass is 1460 g/mol. The summed E-state index contributed by atoms with van der Waals surface area (Å²) < 4.78 is 0.955. The predicted molar refractivity (Wildman–Crippen MR) is 251 cm³/mol. The largest absolute Gasteiger partial charge is 0.394 e. The number of rotatable bonds is 18. The van der Waals surface area contributed by atoms with Crippen molar-refractivity contribution in [2.75, 3.05) is 50.2 Å². The van der Waals surface area contributed by atoms with Gasteiger partial charge in [0, 0.05) is 20.2 Å². The molecule has 310 valence electrons. The number of aliphatic hydroxyl groups excluding tert-OH is 7. The molecule has 0 aliphatic rings. The molecule has 0 radical (unpaired) electrons. The van der Waals surface area contributed by atoms with Gasteiger partial charge in [-0.25, -0.2) is 0 Å². The standard InChI is InChI=1S/C31H36I6N6O13/c1-9(48)26(51)42-24-20(34)14(18(32)16(22(24)36)30(55)40-11(5-44)6-45)28(53)38-3-13(50)4-39-29(54)15-19(33)17(31(56)41-12(7-46)8-47)23(37)25(21(15)35)43-27(52)10(2)49/h9-13,44-50H,3-8H2,1-2H3,(H,38,53)(H,39,54)(H,40,55)(H,41,56)(H,42,51)(H,43,52)/t9-,10-/m0/s1. The molecule has 0 fully saturated rings. The van der Waals surface area contributed by atoms with Crippen molar-refractivity contribution in [1.29, 1.82) is 0 Å². The molecule has 2 rings (SSSR count). The van der Waals surface area contributed by atoms with Crippen molar-refractivity contribution in [3.8, 4) is 0 Å². The molecule has 0 spiro atoms. The molecule has 6 amide bonds. The molecule has 0 heterocycles. The van der Waals surface area contributed by atoms with Crippen LogP contribution in [0.2, 0.25) is 0 Å². The van der Waals surface area contributed by atoms with Crippen molar-refractivity contribution in [2.24, 2.45) is 0 Å². The van der Waals surface area contributed by atoms with Crippen molar-refractivity contribution < 1.29 is 64.5 Å². The summed E-state index contributed by atoms with van der Waals surface area (Å²) in [4.78, 5) is 78.9. The minimum atomic E-state index is -1.46. The minimum Gasteiger partial charge on any atom is -0.394 e. The first-order valence-corrected chi connectivity index (χ1v) is 22.3. The summed E-state index contributed by atoms with van der Waals surface area (Å²) in [5.41, 5.74) is -0.314. The van der Waals surface area contributed by atoms with Crippen LogP contribution in [0.4, 0.5) is 11.4 Å². The fraction of sp³-hybridized carbons (Fsp3) is 0.419. The van der Waals surface area contributed by atoms with Crippen LogP contribution in [0, 0.1) is 21.4 Å². The van der Waals surface area contributed by atoms with Crippen molar-refractivity contribution in [3.05, 3.63) is 43.7 Å². The molecule has 2 aromatic carbocycles. The Morgan fingerprint density at radius 1 is 0.482 bits per heavy atom. The van der Waals surface area contributed by atoms with Crippen LogP contribution in [0.5, 0.6) is 0 Å². The topological polar surface area (TPSA) is 316 Å². The number of carbonyl (C=O) groups excluding carboxylic acids is 6. The van der Waals surface area contributed by atoms with Crippen LogP contribution in [-0.2, 0) is 9.59 Å². The number of aliphatic hydroxyl groups is 7. The van der Waals surface area contributed by atoms with E-state index in [0.29, 0.717) is 0 Å². The highest BCUT2D eigenvalue weighted by atomic mass is 127. The van der Waals surface area contributed by atoms with Gasteiger partial charge in [0.25, 0.3) is 35.4 Å². The molecule has 0 saturated heterocycles. The number of benzene rings is 2. The summed E-state index contributed by atoms with van der Waals surface area (Å²) in [6.07, 6.45) is -4.33. The Morgan fingerprint density at radius 3 is 1.00 bits per heavy atom. The van der Waals surface area contributed by atoms with Crippen molar-refractivity contribution >= 4 is 182 Å². The van der Waals surface area contributed by atoms with Gasteiger partial charge in [-0.15, -0.1) is 0 Å². The first-order valence-electron chi connectivity index (χ1n) is 15.9. The van der Waals surface area contributed by atoms with E-state index in [1.165, 1.54) is 13.8 Å². The van der Waals surface area contributed by atoms with Crippen LogP contribution >= 0.6 is 136 Å². The quantitative estimate of drug-likeness (QED) is 0.0850. The number of amides is 6. The Hall–Kier alpha value is -0.640. The highest BCUT2D eigenvalue weighted by molar-refractivity contribution is 14.1. The Balaban J connectivity index is 2.45. The molecule has 2 atom stereocenters. The average molecular weight is 1460 g/mol. The van der Waals surface area contributed by atoms with Gasteiger partial charge >= 0.3 is 0 Å². The smallest absolute Gasteiger partial charge is 0.253 e. The lowest BCUT2D eigenvalue weighted by atomic mass is 10.1. The maximum absolute atomic E-state index is 13.6. The fourth-order valence-electron chi connectivity index (χ4n) is 4.28. The summed E-state index contributed by atoms with van der Waals surface area (Å²) in [7, 11) is 0. The fourth-order valence-corrected chi connectivity index (χ4v) is 13.1. The second kappa shape index (κ2) is 24.0. The zero-order valence-electron chi connectivity index (χ0n) is 29.0. The van der Waals surface area contributed by atoms with Crippen LogP contribution in [0.3, 0.4) is 0 Å². The van der Waals surface area contributed by atoms with Crippen molar-refractivity contribution in [1.82, 2.24) is 21.3 Å². The lowest BCUT2D eigenvalue weighted by Crippen LogP contribution is -2.42. The molecular weight excluding hydrogens is 1430 g/mol. The van der Waals surface area contributed by atoms with E-state index in [2.05, 4.69) is 31.9 Å². The Bertz CT molecular complexity index is 1720. The molecule has 0 aromatic heterocycles. The van der Waals surface area contributed by atoms with Crippen LogP contribution in [-0.4, -0.2) is 141 Å². The van der Waals surface area contributed by atoms with Gasteiger partial charge in [0.15, 0.2) is 0 Å². The summed E-state index contributed by atoms with van der Waals surface area (Å²) in [5.74, 6) is -4.86. The van der Waals surface area contributed by atoms with Gasteiger partial charge in [0.05, 0.1) is 92.5 Å². The summed E-state index contributed by atoms with van der Waals surface area (Å²) >= 11 is 10.6. The van der Waals surface area contributed by atoms with Crippen molar-refractivity contribution in [3.63, 3.8) is 0 Å². The van der Waals surface area contributed by atoms with Crippen LogP contribution in [0.1, 0.15) is 55.3 Å². The minimum absolute atomic E-state index is 0.0206. The zero-order chi connectivity index (χ0) is 42.8. The zero-order valence-corrected chi connectivity index (χ0v) is 41.9. The molecule has 25 heteroatoms. The van der Waals surface area contributed by atoms with Gasteiger partial charge in [0.1, 0.15) is 12.2 Å². The van der Waals surface area contributed by atoms with E-state index in [1.807, 2.05) is 0 Å². The third-order valence-corrected chi connectivity index (χ3v) is 13.8. The van der Waals surface area contributed by atoms with Crippen LogP contribution < -0.4 is 31.9 Å². The molecule has 2 aromatic rings. The van der Waals surface area contributed by atoms with E-state index in [4.69, 9.17) is 0 Å². The second-order valence-electron chi connectivity index (χ2n) is 11.6. The van der Waals surface area contributed by atoms with E-state index in [-0.39, 0.29) is 55.0 Å².